The van der Waals surface area contributed by atoms with E-state index >= 15 is 0 Å². The molecule has 0 saturated carbocycles. The van der Waals surface area contributed by atoms with Gasteiger partial charge in [-0.2, -0.15) is 10.2 Å². The predicted octanol–water partition coefficient (Wildman–Crippen LogP) is 3.31. The molecule has 19 heavy (non-hydrogen) atoms. The Balaban J connectivity index is 2.33. The molecule has 6 nitrogen and oxygen atoms in total. The van der Waals surface area contributed by atoms with Crippen LogP contribution < -0.4 is 5.73 Å². The zero-order chi connectivity index (χ0) is 14.0. The van der Waals surface area contributed by atoms with Crippen molar-refractivity contribution in [2.45, 2.75) is 13.8 Å². The minimum absolute atomic E-state index is 0.145. The number of nitrogen functional groups attached to an aromatic ring is 1. The van der Waals surface area contributed by atoms with Gasteiger partial charge in [0.1, 0.15) is 5.69 Å². The van der Waals surface area contributed by atoms with Crippen molar-refractivity contribution in [2.24, 2.45) is 16.0 Å². The zero-order valence-electron chi connectivity index (χ0n) is 10.6. The highest BCUT2D eigenvalue weighted by Crippen LogP contribution is 2.25. The molecule has 0 amide bonds. The molecule has 0 unspecified atom stereocenters. The normalized spacial score (nSPS) is 11.1. The molecule has 98 valence electrons. The molecule has 0 radical (unpaired) electrons. The highest BCUT2D eigenvalue weighted by Gasteiger charge is 2.12. The fraction of sp³-hybridized carbons (Fsp3) is 0.167. The number of hydrogen-bond acceptors (Lipinski definition) is 4. The van der Waals surface area contributed by atoms with E-state index < -0.39 is 0 Å². The number of nitrogens with zero attached hydrogens (tertiary/aromatic N) is 4. The number of aryl methyl sites for hydroxylation is 1. The summed E-state index contributed by atoms with van der Waals surface area (Å²) in [6, 6.07) is 7.03. The average Bonchev–Trinajstić information content (AvgIpc) is 2.65. The van der Waals surface area contributed by atoms with E-state index in [4.69, 9.17) is 22.7 Å². The van der Waals surface area contributed by atoms with Gasteiger partial charge in [-0.25, -0.2) is 4.68 Å². The lowest BCUT2D eigenvalue weighted by atomic mass is 10.3. The molecule has 0 atom stereocenters. The van der Waals surface area contributed by atoms with Crippen molar-refractivity contribution in [3.05, 3.63) is 40.7 Å². The van der Waals surface area contributed by atoms with Gasteiger partial charge in [-0.3, -0.25) is 5.41 Å². The first-order valence-corrected chi connectivity index (χ1v) is 5.95. The maximum absolute atomic E-state index is 7.40. The SMILES string of the molecule is Cc1nn(C(=N)N)c(C)c1N=Nc1ccc(Cl)cc1. The fourth-order valence-corrected chi connectivity index (χ4v) is 1.76. The quantitative estimate of drug-likeness (QED) is 0.500. The average molecular weight is 277 g/mol. The van der Waals surface area contributed by atoms with E-state index in [0.29, 0.717) is 27.8 Å². The highest BCUT2D eigenvalue weighted by molar-refractivity contribution is 6.30. The molecule has 0 aliphatic rings. The van der Waals surface area contributed by atoms with Crippen molar-refractivity contribution < 1.29 is 0 Å². The molecule has 0 aliphatic heterocycles. The van der Waals surface area contributed by atoms with Crippen LogP contribution in [-0.2, 0) is 0 Å². The molecule has 1 heterocycles. The third-order valence-electron chi connectivity index (χ3n) is 2.57. The lowest BCUT2D eigenvalue weighted by molar-refractivity contribution is 0.863. The first-order valence-electron chi connectivity index (χ1n) is 5.57. The number of hydrogen-bond donors (Lipinski definition) is 2. The highest BCUT2D eigenvalue weighted by atomic mass is 35.5. The fourth-order valence-electron chi connectivity index (χ4n) is 1.63. The summed E-state index contributed by atoms with van der Waals surface area (Å²) >= 11 is 5.79. The molecule has 1 aromatic heterocycles. The number of aromatic nitrogens is 2. The standard InChI is InChI=1S/C12H13ClN6/c1-7-11(8(2)19(18-7)12(14)15)17-16-10-5-3-9(13)4-6-10/h3-6H,1-2H3,(H3,14,15). The Labute approximate surface area is 115 Å². The summed E-state index contributed by atoms with van der Waals surface area (Å²) in [5.41, 5.74) is 8.08. The van der Waals surface area contributed by atoms with Crippen LogP contribution in [0.2, 0.25) is 5.02 Å². The number of rotatable bonds is 2. The minimum Gasteiger partial charge on any atom is -0.368 e. The third-order valence-corrected chi connectivity index (χ3v) is 2.83. The van der Waals surface area contributed by atoms with E-state index in [0.717, 1.165) is 0 Å². The Morgan fingerprint density at radius 3 is 2.42 bits per heavy atom. The van der Waals surface area contributed by atoms with Crippen molar-refractivity contribution in [3.63, 3.8) is 0 Å². The molecule has 2 aromatic rings. The van der Waals surface area contributed by atoms with Crippen LogP contribution in [-0.4, -0.2) is 15.7 Å². The van der Waals surface area contributed by atoms with Crippen LogP contribution in [0.4, 0.5) is 11.4 Å². The summed E-state index contributed by atoms with van der Waals surface area (Å²) in [5, 5.41) is 20.4. The molecule has 0 saturated heterocycles. The van der Waals surface area contributed by atoms with Crippen LogP contribution in [0.15, 0.2) is 34.5 Å². The molecular formula is C12H13ClN6. The van der Waals surface area contributed by atoms with Gasteiger partial charge in [0.2, 0.25) is 5.96 Å². The van der Waals surface area contributed by atoms with Crippen molar-refractivity contribution >= 4 is 28.9 Å². The first-order chi connectivity index (χ1) is 8.99. The van der Waals surface area contributed by atoms with Gasteiger partial charge in [0.25, 0.3) is 0 Å². The molecule has 0 aliphatic carbocycles. The van der Waals surface area contributed by atoms with E-state index in [1.54, 1.807) is 38.1 Å². The maximum Gasteiger partial charge on any atom is 0.213 e. The van der Waals surface area contributed by atoms with Crippen LogP contribution in [0, 0.1) is 19.3 Å². The van der Waals surface area contributed by atoms with Gasteiger partial charge in [-0.05, 0) is 38.1 Å². The van der Waals surface area contributed by atoms with Gasteiger partial charge >= 0.3 is 0 Å². The Morgan fingerprint density at radius 2 is 1.89 bits per heavy atom. The first kappa shape index (κ1) is 13.2. The van der Waals surface area contributed by atoms with Crippen molar-refractivity contribution in [1.82, 2.24) is 9.78 Å². The summed E-state index contributed by atoms with van der Waals surface area (Å²) in [4.78, 5) is 0. The molecule has 7 heteroatoms. The van der Waals surface area contributed by atoms with Crippen LogP contribution >= 0.6 is 11.6 Å². The number of benzene rings is 1. The lowest BCUT2D eigenvalue weighted by Crippen LogP contribution is -2.22. The zero-order valence-corrected chi connectivity index (χ0v) is 11.3. The van der Waals surface area contributed by atoms with E-state index in [1.807, 2.05) is 0 Å². The van der Waals surface area contributed by atoms with E-state index in [2.05, 4.69) is 15.3 Å². The van der Waals surface area contributed by atoms with Crippen LogP contribution in [0.5, 0.6) is 0 Å². The monoisotopic (exact) mass is 276 g/mol. The van der Waals surface area contributed by atoms with Gasteiger partial charge in [0.05, 0.1) is 17.1 Å². The predicted molar refractivity (Wildman–Crippen MR) is 74.6 cm³/mol. The topological polar surface area (TPSA) is 92.4 Å². The summed E-state index contributed by atoms with van der Waals surface area (Å²) in [6.07, 6.45) is 0. The van der Waals surface area contributed by atoms with Gasteiger partial charge < -0.3 is 5.73 Å². The van der Waals surface area contributed by atoms with Gasteiger partial charge in [-0.1, -0.05) is 11.6 Å². The number of azo groups is 1. The molecule has 3 N–H and O–H groups in total. The van der Waals surface area contributed by atoms with Crippen molar-refractivity contribution in [3.8, 4) is 0 Å². The Hall–Kier alpha value is -2.21. The Bertz CT molecular complexity index is 641. The summed E-state index contributed by atoms with van der Waals surface area (Å²) in [5.74, 6) is -0.145. The second kappa shape index (κ2) is 5.19. The summed E-state index contributed by atoms with van der Waals surface area (Å²) in [6.45, 7) is 3.58. The largest absolute Gasteiger partial charge is 0.368 e. The summed E-state index contributed by atoms with van der Waals surface area (Å²) in [7, 11) is 0. The molecule has 1 aromatic carbocycles. The molecule has 0 spiro atoms. The molecule has 0 fully saturated rings. The maximum atomic E-state index is 7.40. The summed E-state index contributed by atoms with van der Waals surface area (Å²) < 4.78 is 1.32. The van der Waals surface area contributed by atoms with Gasteiger partial charge in [0, 0.05) is 5.02 Å². The van der Waals surface area contributed by atoms with E-state index in [-0.39, 0.29) is 5.96 Å². The van der Waals surface area contributed by atoms with Crippen molar-refractivity contribution in [2.75, 3.05) is 0 Å². The molecular weight excluding hydrogens is 264 g/mol. The Morgan fingerprint density at radius 1 is 1.26 bits per heavy atom. The third kappa shape index (κ3) is 2.79. The van der Waals surface area contributed by atoms with Crippen LogP contribution in [0.1, 0.15) is 11.4 Å². The van der Waals surface area contributed by atoms with E-state index in [9.17, 15) is 0 Å². The minimum atomic E-state index is -0.145. The molecule has 2 rings (SSSR count). The van der Waals surface area contributed by atoms with Gasteiger partial charge in [0.15, 0.2) is 0 Å². The second-order valence-electron chi connectivity index (χ2n) is 3.99. The lowest BCUT2D eigenvalue weighted by Gasteiger charge is -1.98. The Kier molecular flexibility index (Phi) is 3.62. The smallest absolute Gasteiger partial charge is 0.213 e. The van der Waals surface area contributed by atoms with E-state index in [1.165, 1.54) is 4.68 Å². The van der Waals surface area contributed by atoms with Crippen molar-refractivity contribution in [1.29, 1.82) is 5.41 Å². The molecule has 0 bridgehead atoms. The van der Waals surface area contributed by atoms with Gasteiger partial charge in [-0.15, -0.1) is 5.11 Å². The van der Waals surface area contributed by atoms with Crippen LogP contribution in [0.3, 0.4) is 0 Å². The number of nitrogens with one attached hydrogen (secondary N) is 1. The number of nitrogens with two attached hydrogens (primary N) is 1. The van der Waals surface area contributed by atoms with Crippen LogP contribution in [0.25, 0.3) is 0 Å². The number of halogens is 1. The second-order valence-corrected chi connectivity index (χ2v) is 4.43.